The van der Waals surface area contributed by atoms with Crippen LogP contribution in [0.4, 0.5) is 0 Å². The van der Waals surface area contributed by atoms with Crippen LogP contribution in [0, 0.1) is 0 Å². The molecule has 0 bridgehead atoms. The minimum Gasteiger partial charge on any atom is -0.440 e. The first-order valence-corrected chi connectivity index (χ1v) is 8.72. The van der Waals surface area contributed by atoms with Crippen molar-refractivity contribution >= 4 is 23.2 Å². The second-order valence-corrected chi connectivity index (χ2v) is 6.56. The predicted molar refractivity (Wildman–Crippen MR) is 96.4 cm³/mol. The SMILES string of the molecule is O=C(c1ccc(Cl)o1)N1CCN(Cc2cc(=O)n3ccccc3n2)CC1. The molecule has 1 saturated heterocycles. The lowest BCUT2D eigenvalue weighted by Crippen LogP contribution is -2.48. The molecule has 1 aliphatic rings. The lowest BCUT2D eigenvalue weighted by atomic mass is 10.2. The number of hydrogen-bond acceptors (Lipinski definition) is 5. The van der Waals surface area contributed by atoms with E-state index in [1.807, 2.05) is 12.1 Å². The Morgan fingerprint density at radius 1 is 1.15 bits per heavy atom. The second kappa shape index (κ2) is 6.93. The Balaban J connectivity index is 1.41. The highest BCUT2D eigenvalue weighted by Crippen LogP contribution is 2.16. The number of pyridine rings is 1. The Kier molecular flexibility index (Phi) is 4.48. The molecule has 3 aromatic heterocycles. The van der Waals surface area contributed by atoms with E-state index in [4.69, 9.17) is 16.0 Å². The fourth-order valence-electron chi connectivity index (χ4n) is 3.11. The van der Waals surface area contributed by atoms with E-state index in [2.05, 4.69) is 9.88 Å². The van der Waals surface area contributed by atoms with Gasteiger partial charge in [0.25, 0.3) is 11.5 Å². The molecule has 26 heavy (non-hydrogen) atoms. The van der Waals surface area contributed by atoms with Crippen LogP contribution in [0.25, 0.3) is 5.65 Å². The molecule has 0 radical (unpaired) electrons. The molecule has 0 atom stereocenters. The number of aromatic nitrogens is 2. The fraction of sp³-hybridized carbons (Fsp3) is 0.278. The van der Waals surface area contributed by atoms with Gasteiger partial charge in [-0.15, -0.1) is 0 Å². The van der Waals surface area contributed by atoms with Gasteiger partial charge in [-0.1, -0.05) is 6.07 Å². The van der Waals surface area contributed by atoms with Gasteiger partial charge < -0.3 is 9.32 Å². The lowest BCUT2D eigenvalue weighted by molar-refractivity contribution is 0.0596. The van der Waals surface area contributed by atoms with Crippen molar-refractivity contribution in [3.05, 3.63) is 69.6 Å². The van der Waals surface area contributed by atoms with Gasteiger partial charge in [0.15, 0.2) is 11.0 Å². The van der Waals surface area contributed by atoms with Crippen LogP contribution in [-0.4, -0.2) is 51.3 Å². The second-order valence-electron chi connectivity index (χ2n) is 6.19. The first kappa shape index (κ1) is 16.8. The van der Waals surface area contributed by atoms with E-state index < -0.39 is 0 Å². The van der Waals surface area contributed by atoms with Gasteiger partial charge in [-0.05, 0) is 35.9 Å². The summed E-state index contributed by atoms with van der Waals surface area (Å²) in [6.45, 7) is 3.16. The summed E-state index contributed by atoms with van der Waals surface area (Å²) in [6, 6.07) is 10.2. The molecule has 0 spiro atoms. The number of furan rings is 1. The molecule has 0 aromatic carbocycles. The van der Waals surface area contributed by atoms with Gasteiger partial charge in [0.05, 0.1) is 5.69 Å². The van der Waals surface area contributed by atoms with Gasteiger partial charge >= 0.3 is 0 Å². The standard InChI is InChI=1S/C18H17ClN4O3/c19-15-5-4-14(26-15)18(25)22-9-7-21(8-10-22)12-13-11-17(24)23-6-2-1-3-16(23)20-13/h1-6,11H,7-10,12H2. The first-order chi connectivity index (χ1) is 12.6. The average Bonchev–Trinajstić information content (AvgIpc) is 3.08. The van der Waals surface area contributed by atoms with Gasteiger partial charge in [0.1, 0.15) is 5.65 Å². The van der Waals surface area contributed by atoms with Gasteiger partial charge in [-0.25, -0.2) is 4.98 Å². The highest BCUT2D eigenvalue weighted by Gasteiger charge is 2.24. The van der Waals surface area contributed by atoms with E-state index in [-0.39, 0.29) is 22.4 Å². The molecule has 7 nitrogen and oxygen atoms in total. The van der Waals surface area contributed by atoms with E-state index in [9.17, 15) is 9.59 Å². The van der Waals surface area contributed by atoms with Crippen LogP contribution in [-0.2, 0) is 6.54 Å². The first-order valence-electron chi connectivity index (χ1n) is 8.34. The summed E-state index contributed by atoms with van der Waals surface area (Å²) in [5.74, 6) is 0.103. The van der Waals surface area contributed by atoms with E-state index >= 15 is 0 Å². The molecule has 3 aromatic rings. The number of fused-ring (bicyclic) bond motifs is 1. The minimum atomic E-state index is -0.154. The maximum atomic E-state index is 12.4. The maximum absolute atomic E-state index is 12.4. The molecule has 8 heteroatoms. The van der Waals surface area contributed by atoms with Gasteiger partial charge in [-0.3, -0.25) is 18.9 Å². The highest BCUT2D eigenvalue weighted by molar-refractivity contribution is 6.29. The summed E-state index contributed by atoms with van der Waals surface area (Å²) < 4.78 is 6.71. The molecule has 0 N–H and O–H groups in total. The Bertz CT molecular complexity index is 1000. The number of amides is 1. The van der Waals surface area contributed by atoms with E-state index in [0.717, 1.165) is 5.69 Å². The number of piperazine rings is 1. The Morgan fingerprint density at radius 3 is 2.69 bits per heavy atom. The number of rotatable bonds is 3. The van der Waals surface area contributed by atoms with Crippen LogP contribution in [0.15, 0.2) is 51.8 Å². The van der Waals surface area contributed by atoms with Crippen LogP contribution in [0.2, 0.25) is 5.22 Å². The minimum absolute atomic E-state index is 0.0888. The Labute approximate surface area is 154 Å². The molecule has 1 aliphatic heterocycles. The van der Waals surface area contributed by atoms with E-state index in [1.54, 1.807) is 35.4 Å². The Hall–Kier alpha value is -2.64. The summed E-state index contributed by atoms with van der Waals surface area (Å²) >= 11 is 5.73. The van der Waals surface area contributed by atoms with Crippen molar-refractivity contribution in [3.63, 3.8) is 0 Å². The van der Waals surface area contributed by atoms with Crippen LogP contribution >= 0.6 is 11.6 Å². The monoisotopic (exact) mass is 372 g/mol. The van der Waals surface area contributed by atoms with Crippen molar-refractivity contribution in [3.8, 4) is 0 Å². The van der Waals surface area contributed by atoms with Gasteiger partial charge in [-0.2, -0.15) is 0 Å². The molecule has 1 fully saturated rings. The summed E-state index contributed by atoms with van der Waals surface area (Å²) in [5, 5.41) is 0.209. The molecule has 0 saturated carbocycles. The van der Waals surface area contributed by atoms with Crippen LogP contribution in [0.1, 0.15) is 16.2 Å². The number of hydrogen-bond donors (Lipinski definition) is 0. The zero-order chi connectivity index (χ0) is 18.1. The van der Waals surface area contributed by atoms with E-state index in [0.29, 0.717) is 38.4 Å². The smallest absolute Gasteiger partial charge is 0.289 e. The molecule has 4 rings (SSSR count). The van der Waals surface area contributed by atoms with Crippen molar-refractivity contribution in [1.82, 2.24) is 19.2 Å². The zero-order valence-corrected chi connectivity index (χ0v) is 14.7. The normalized spacial score (nSPS) is 15.5. The molecular weight excluding hydrogens is 356 g/mol. The van der Waals surface area contributed by atoms with Crippen molar-refractivity contribution < 1.29 is 9.21 Å². The molecule has 4 heterocycles. The fourth-order valence-corrected chi connectivity index (χ4v) is 3.25. The molecule has 0 aliphatic carbocycles. The van der Waals surface area contributed by atoms with Gasteiger partial charge in [0.2, 0.25) is 0 Å². The quantitative estimate of drug-likeness (QED) is 0.702. The van der Waals surface area contributed by atoms with Crippen LogP contribution < -0.4 is 5.56 Å². The third-order valence-corrected chi connectivity index (χ3v) is 4.66. The highest BCUT2D eigenvalue weighted by atomic mass is 35.5. The summed E-state index contributed by atoms with van der Waals surface area (Å²) in [7, 11) is 0. The molecular formula is C18H17ClN4O3. The molecule has 0 unspecified atom stereocenters. The predicted octanol–water partition coefficient (Wildman–Crippen LogP) is 1.90. The van der Waals surface area contributed by atoms with Crippen LogP contribution in [0.5, 0.6) is 0 Å². The Morgan fingerprint density at radius 2 is 1.96 bits per heavy atom. The van der Waals surface area contributed by atoms with Crippen molar-refractivity contribution in [2.45, 2.75) is 6.54 Å². The summed E-state index contributed by atoms with van der Waals surface area (Å²) in [6.07, 6.45) is 1.71. The van der Waals surface area contributed by atoms with Crippen molar-refractivity contribution in [2.75, 3.05) is 26.2 Å². The third kappa shape index (κ3) is 3.36. The number of carbonyl (C=O) groups is 1. The maximum Gasteiger partial charge on any atom is 0.289 e. The van der Waals surface area contributed by atoms with Crippen LogP contribution in [0.3, 0.4) is 0 Å². The number of halogens is 1. The lowest BCUT2D eigenvalue weighted by Gasteiger charge is -2.34. The largest absolute Gasteiger partial charge is 0.440 e. The average molecular weight is 373 g/mol. The summed E-state index contributed by atoms with van der Waals surface area (Å²) in [5.41, 5.74) is 1.28. The zero-order valence-electron chi connectivity index (χ0n) is 14.0. The van der Waals surface area contributed by atoms with Crippen molar-refractivity contribution in [1.29, 1.82) is 0 Å². The summed E-state index contributed by atoms with van der Waals surface area (Å²) in [4.78, 5) is 33.0. The topological polar surface area (TPSA) is 71.1 Å². The van der Waals surface area contributed by atoms with E-state index in [1.165, 1.54) is 4.40 Å². The number of carbonyl (C=O) groups excluding carboxylic acids is 1. The van der Waals surface area contributed by atoms with Crippen molar-refractivity contribution in [2.24, 2.45) is 0 Å². The van der Waals surface area contributed by atoms with Gasteiger partial charge in [0, 0.05) is 45.0 Å². The third-order valence-electron chi connectivity index (χ3n) is 4.45. The molecule has 134 valence electrons. The number of nitrogens with zero attached hydrogens (tertiary/aromatic N) is 4. The molecule has 1 amide bonds.